The summed E-state index contributed by atoms with van der Waals surface area (Å²) in [6.45, 7) is 2.82. The zero-order valence-electron chi connectivity index (χ0n) is 22.4. The van der Waals surface area contributed by atoms with Crippen LogP contribution in [0.2, 0.25) is 0 Å². The average molecular weight is 541 g/mol. The third-order valence-electron chi connectivity index (χ3n) is 7.77. The molecule has 8 nitrogen and oxygen atoms in total. The van der Waals surface area contributed by atoms with Crippen molar-refractivity contribution in [1.82, 2.24) is 30.0 Å². The van der Waals surface area contributed by atoms with Gasteiger partial charge in [-0.05, 0) is 61.3 Å². The minimum atomic E-state index is -0.133. The van der Waals surface area contributed by atoms with Gasteiger partial charge in [-0.1, -0.05) is 59.8 Å². The van der Waals surface area contributed by atoms with Crippen molar-refractivity contribution < 1.29 is 4.52 Å². The predicted molar refractivity (Wildman–Crippen MR) is 158 cm³/mol. The van der Waals surface area contributed by atoms with Gasteiger partial charge < -0.3 is 9.51 Å². The number of hydrogen-bond donors (Lipinski definition) is 1. The topological polar surface area (TPSA) is 101 Å². The van der Waals surface area contributed by atoms with E-state index in [1.807, 2.05) is 42.5 Å². The largest absolute Gasteiger partial charge is 0.339 e. The first-order valence-corrected chi connectivity index (χ1v) is 13.8. The summed E-state index contributed by atoms with van der Waals surface area (Å²) in [4.78, 5) is 31.4. The molecule has 41 heavy (non-hydrogen) atoms. The van der Waals surface area contributed by atoms with Gasteiger partial charge in [-0.15, -0.1) is 0 Å². The molecule has 1 fully saturated rings. The molecule has 0 unspecified atom stereocenters. The molecule has 0 bridgehead atoms. The van der Waals surface area contributed by atoms with Crippen molar-refractivity contribution >= 4 is 10.9 Å². The lowest BCUT2D eigenvalue weighted by Gasteiger charge is -2.30. The summed E-state index contributed by atoms with van der Waals surface area (Å²) < 4.78 is 5.61. The molecule has 0 saturated carbocycles. The minimum absolute atomic E-state index is 0.133. The fourth-order valence-corrected chi connectivity index (χ4v) is 5.55. The number of piperidine rings is 1. The number of aromatic nitrogens is 5. The maximum atomic E-state index is 12.5. The Hall–Kier alpha value is -4.95. The second kappa shape index (κ2) is 10.9. The monoisotopic (exact) mass is 540 g/mol. The van der Waals surface area contributed by atoms with Crippen molar-refractivity contribution in [3.8, 4) is 33.8 Å². The number of H-pyrrole nitrogens is 1. The van der Waals surface area contributed by atoms with Crippen molar-refractivity contribution in [2.24, 2.45) is 0 Å². The van der Waals surface area contributed by atoms with E-state index in [-0.39, 0.29) is 11.5 Å². The molecule has 0 aliphatic carbocycles. The highest BCUT2D eigenvalue weighted by Crippen LogP contribution is 2.33. The molecule has 2 aromatic carbocycles. The Balaban J connectivity index is 1.06. The molecule has 6 aromatic rings. The molecule has 7 rings (SSSR count). The zero-order chi connectivity index (χ0) is 27.6. The van der Waals surface area contributed by atoms with Crippen LogP contribution < -0.4 is 5.56 Å². The van der Waals surface area contributed by atoms with Gasteiger partial charge in [0, 0.05) is 47.7 Å². The standard InChI is InChI=1S/C33H28N6O2/c40-32-28-19-27(23-5-2-1-3-6-23)30(36-29(28)12-16-35-32)24-10-8-22(9-11-24)21-39-17-13-25(14-18-39)33-37-31(38-41-33)26-7-4-15-34-20-26/h1-12,15-16,19-20,25H,13-14,17-18,21H2,(H,35,40). The maximum Gasteiger partial charge on any atom is 0.257 e. The number of pyridine rings is 3. The molecular formula is C33H28N6O2. The maximum absolute atomic E-state index is 12.5. The van der Waals surface area contributed by atoms with E-state index in [1.165, 1.54) is 5.56 Å². The Morgan fingerprint density at radius 1 is 0.878 bits per heavy atom. The molecule has 5 heterocycles. The second-order valence-corrected chi connectivity index (χ2v) is 10.4. The molecule has 1 N–H and O–H groups in total. The lowest BCUT2D eigenvalue weighted by molar-refractivity contribution is 0.187. The smallest absolute Gasteiger partial charge is 0.257 e. The van der Waals surface area contributed by atoms with Crippen molar-refractivity contribution in [3.05, 3.63) is 119 Å². The van der Waals surface area contributed by atoms with Gasteiger partial charge in [0.15, 0.2) is 0 Å². The number of likely N-dealkylation sites (tertiary alicyclic amines) is 1. The van der Waals surface area contributed by atoms with Crippen molar-refractivity contribution in [2.75, 3.05) is 13.1 Å². The molecule has 202 valence electrons. The molecule has 8 heteroatoms. The first kappa shape index (κ1) is 25.0. The molecule has 0 atom stereocenters. The predicted octanol–water partition coefficient (Wildman–Crippen LogP) is 6.08. The van der Waals surface area contributed by atoms with E-state index in [9.17, 15) is 4.79 Å². The highest BCUT2D eigenvalue weighted by Gasteiger charge is 2.25. The molecule has 0 spiro atoms. The summed E-state index contributed by atoms with van der Waals surface area (Å²) in [5, 5.41) is 4.75. The van der Waals surface area contributed by atoms with Gasteiger partial charge in [-0.2, -0.15) is 4.98 Å². The molecule has 4 aromatic heterocycles. The number of aromatic amines is 1. The lowest BCUT2D eigenvalue weighted by Crippen LogP contribution is -2.32. The molecular weight excluding hydrogens is 512 g/mol. The Morgan fingerprint density at radius 3 is 2.46 bits per heavy atom. The van der Waals surface area contributed by atoms with E-state index in [4.69, 9.17) is 9.51 Å². The third-order valence-corrected chi connectivity index (χ3v) is 7.77. The Bertz CT molecular complexity index is 1840. The van der Waals surface area contributed by atoms with Crippen LogP contribution in [0.1, 0.15) is 30.2 Å². The van der Waals surface area contributed by atoms with Gasteiger partial charge in [-0.25, -0.2) is 4.98 Å². The van der Waals surface area contributed by atoms with Gasteiger partial charge in [-0.3, -0.25) is 14.7 Å². The van der Waals surface area contributed by atoms with E-state index in [2.05, 4.69) is 61.4 Å². The number of benzene rings is 2. The molecule has 0 amide bonds. The van der Waals surface area contributed by atoms with Crippen molar-refractivity contribution in [2.45, 2.75) is 25.3 Å². The van der Waals surface area contributed by atoms with Crippen LogP contribution in [-0.4, -0.2) is 43.1 Å². The number of rotatable bonds is 6. The summed E-state index contributed by atoms with van der Waals surface area (Å²) >= 11 is 0. The van der Waals surface area contributed by atoms with Crippen LogP contribution in [0, 0.1) is 0 Å². The average Bonchev–Trinajstić information content (AvgIpc) is 3.53. The molecule has 1 aliphatic rings. The van der Waals surface area contributed by atoms with E-state index in [0.29, 0.717) is 22.6 Å². The fraction of sp³-hybridized carbons (Fsp3) is 0.182. The van der Waals surface area contributed by atoms with Gasteiger partial charge >= 0.3 is 0 Å². The fourth-order valence-electron chi connectivity index (χ4n) is 5.55. The number of hydrogen-bond acceptors (Lipinski definition) is 7. The Labute approximate surface area is 236 Å². The third kappa shape index (κ3) is 5.17. The van der Waals surface area contributed by atoms with E-state index < -0.39 is 0 Å². The van der Waals surface area contributed by atoms with Gasteiger partial charge in [0.2, 0.25) is 11.7 Å². The lowest BCUT2D eigenvalue weighted by atomic mass is 9.95. The van der Waals surface area contributed by atoms with Gasteiger partial charge in [0.1, 0.15) is 0 Å². The first-order chi connectivity index (χ1) is 20.2. The summed E-state index contributed by atoms with van der Waals surface area (Å²) in [6.07, 6.45) is 7.09. The van der Waals surface area contributed by atoms with Crippen LogP contribution in [0.4, 0.5) is 0 Å². The van der Waals surface area contributed by atoms with Crippen LogP contribution in [0.5, 0.6) is 0 Å². The summed E-state index contributed by atoms with van der Waals surface area (Å²) in [7, 11) is 0. The van der Waals surface area contributed by atoms with Crippen LogP contribution in [0.25, 0.3) is 44.7 Å². The second-order valence-electron chi connectivity index (χ2n) is 10.4. The highest BCUT2D eigenvalue weighted by molar-refractivity contribution is 5.91. The summed E-state index contributed by atoms with van der Waals surface area (Å²) in [5.74, 6) is 1.58. The number of nitrogens with one attached hydrogen (secondary N) is 1. The molecule has 1 saturated heterocycles. The molecule has 1 aliphatic heterocycles. The van der Waals surface area contributed by atoms with E-state index >= 15 is 0 Å². The summed E-state index contributed by atoms with van der Waals surface area (Å²) in [6, 6.07) is 26.3. The zero-order valence-corrected chi connectivity index (χ0v) is 22.4. The van der Waals surface area contributed by atoms with Crippen LogP contribution in [0.15, 0.2) is 107 Å². The number of nitrogens with zero attached hydrogens (tertiary/aromatic N) is 5. The van der Waals surface area contributed by atoms with E-state index in [0.717, 1.165) is 60.4 Å². The van der Waals surface area contributed by atoms with Crippen molar-refractivity contribution in [3.63, 3.8) is 0 Å². The highest BCUT2D eigenvalue weighted by atomic mass is 16.5. The SMILES string of the molecule is O=c1[nH]ccc2nc(-c3ccc(CN4CCC(c5nc(-c6cccnc6)no5)CC4)cc3)c(-c3ccccc3)cc12. The number of fused-ring (bicyclic) bond motifs is 1. The van der Waals surface area contributed by atoms with Gasteiger partial charge in [0.25, 0.3) is 5.56 Å². The van der Waals surface area contributed by atoms with Gasteiger partial charge in [0.05, 0.1) is 16.6 Å². The molecule has 0 radical (unpaired) electrons. The Morgan fingerprint density at radius 2 is 1.68 bits per heavy atom. The van der Waals surface area contributed by atoms with Crippen LogP contribution >= 0.6 is 0 Å². The van der Waals surface area contributed by atoms with E-state index in [1.54, 1.807) is 18.6 Å². The Kier molecular flexibility index (Phi) is 6.66. The van der Waals surface area contributed by atoms with Crippen molar-refractivity contribution in [1.29, 1.82) is 0 Å². The summed E-state index contributed by atoms with van der Waals surface area (Å²) in [5.41, 5.74) is 6.53. The first-order valence-electron chi connectivity index (χ1n) is 13.8. The quantitative estimate of drug-likeness (QED) is 0.273. The minimum Gasteiger partial charge on any atom is -0.339 e. The van der Waals surface area contributed by atoms with Crippen LogP contribution in [0.3, 0.4) is 0 Å². The normalized spacial score (nSPS) is 14.4. The van der Waals surface area contributed by atoms with Crippen LogP contribution in [-0.2, 0) is 6.54 Å².